The highest BCUT2D eigenvalue weighted by atomic mass is 79.9. The Labute approximate surface area is 117 Å². The minimum absolute atomic E-state index is 0.145. The molecule has 1 unspecified atom stereocenters. The van der Waals surface area contributed by atoms with Crippen LogP contribution in [0.1, 0.15) is 21.4 Å². The van der Waals surface area contributed by atoms with Crippen molar-refractivity contribution in [1.82, 2.24) is 5.32 Å². The van der Waals surface area contributed by atoms with Gasteiger partial charge in [0.05, 0.1) is 6.04 Å². The number of hydrogen-bond acceptors (Lipinski definition) is 2. The van der Waals surface area contributed by atoms with Crippen LogP contribution in [0.2, 0.25) is 0 Å². The Bertz CT molecular complexity index is 568. The zero-order chi connectivity index (χ0) is 13.3. The van der Waals surface area contributed by atoms with Crippen LogP contribution in [-0.2, 0) is 0 Å². The third kappa shape index (κ3) is 2.63. The summed E-state index contributed by atoms with van der Waals surface area (Å²) in [4.78, 5) is 2.22. The van der Waals surface area contributed by atoms with Gasteiger partial charge in [-0.1, -0.05) is 6.07 Å². The molecule has 0 aliphatic rings. The zero-order valence-corrected chi connectivity index (χ0v) is 12.3. The van der Waals surface area contributed by atoms with Crippen LogP contribution in [0.3, 0.4) is 0 Å². The van der Waals surface area contributed by atoms with E-state index in [1.54, 1.807) is 24.5 Å². The number of thiophene rings is 1. The SMILES string of the molecule is CNC(c1ccc(F)c(F)c1)c1sc(C)cc1Br. The molecule has 96 valence electrons. The second kappa shape index (κ2) is 5.47. The van der Waals surface area contributed by atoms with Crippen molar-refractivity contribution in [2.75, 3.05) is 7.05 Å². The van der Waals surface area contributed by atoms with Gasteiger partial charge < -0.3 is 5.32 Å². The third-order valence-electron chi connectivity index (χ3n) is 2.66. The van der Waals surface area contributed by atoms with Gasteiger partial charge in [-0.2, -0.15) is 0 Å². The molecule has 1 aromatic heterocycles. The fourth-order valence-electron chi connectivity index (χ4n) is 1.84. The van der Waals surface area contributed by atoms with Gasteiger partial charge in [-0.15, -0.1) is 11.3 Å². The molecule has 1 N–H and O–H groups in total. The molecular formula is C13H12BrF2NS. The van der Waals surface area contributed by atoms with Crippen LogP contribution in [0.15, 0.2) is 28.7 Å². The standard InChI is InChI=1S/C13H12BrF2NS/c1-7-5-9(14)13(18-7)12(17-2)8-3-4-10(15)11(16)6-8/h3-6,12,17H,1-2H3. The summed E-state index contributed by atoms with van der Waals surface area (Å²) in [6, 6.07) is 5.86. The molecule has 2 rings (SSSR count). The number of nitrogens with one attached hydrogen (secondary N) is 1. The number of hydrogen-bond donors (Lipinski definition) is 1. The molecule has 0 aliphatic carbocycles. The smallest absolute Gasteiger partial charge is 0.159 e. The van der Waals surface area contributed by atoms with Crippen molar-refractivity contribution in [2.45, 2.75) is 13.0 Å². The molecule has 1 aromatic carbocycles. The lowest BCUT2D eigenvalue weighted by Crippen LogP contribution is -2.17. The van der Waals surface area contributed by atoms with Gasteiger partial charge in [0.2, 0.25) is 0 Å². The van der Waals surface area contributed by atoms with Crippen LogP contribution < -0.4 is 5.32 Å². The fourth-order valence-corrected chi connectivity index (χ4v) is 3.86. The Morgan fingerprint density at radius 3 is 2.44 bits per heavy atom. The molecule has 0 saturated carbocycles. The lowest BCUT2D eigenvalue weighted by atomic mass is 10.1. The Balaban J connectivity index is 2.45. The fraction of sp³-hybridized carbons (Fsp3) is 0.231. The molecule has 1 atom stereocenters. The van der Waals surface area contributed by atoms with E-state index >= 15 is 0 Å². The van der Waals surface area contributed by atoms with Crippen LogP contribution in [0.25, 0.3) is 0 Å². The number of halogens is 3. The van der Waals surface area contributed by atoms with E-state index in [0.29, 0.717) is 5.56 Å². The zero-order valence-electron chi connectivity index (χ0n) is 9.93. The van der Waals surface area contributed by atoms with Crippen molar-refractivity contribution >= 4 is 27.3 Å². The summed E-state index contributed by atoms with van der Waals surface area (Å²) in [5, 5.41) is 3.13. The Hall–Kier alpha value is -0.780. The lowest BCUT2D eigenvalue weighted by Gasteiger charge is -2.16. The molecule has 0 fully saturated rings. The quantitative estimate of drug-likeness (QED) is 0.878. The van der Waals surface area contributed by atoms with E-state index in [0.717, 1.165) is 15.4 Å². The summed E-state index contributed by atoms with van der Waals surface area (Å²) in [5.74, 6) is -1.65. The van der Waals surface area contributed by atoms with E-state index in [9.17, 15) is 8.78 Å². The van der Waals surface area contributed by atoms with E-state index < -0.39 is 11.6 Å². The van der Waals surface area contributed by atoms with Crippen molar-refractivity contribution in [3.05, 3.63) is 55.7 Å². The summed E-state index contributed by atoms with van der Waals surface area (Å²) >= 11 is 5.12. The van der Waals surface area contributed by atoms with Crippen LogP contribution in [0, 0.1) is 18.6 Å². The normalized spacial score (nSPS) is 12.7. The lowest BCUT2D eigenvalue weighted by molar-refractivity contribution is 0.505. The molecule has 1 nitrogen and oxygen atoms in total. The van der Waals surface area contributed by atoms with Crippen molar-refractivity contribution in [2.24, 2.45) is 0 Å². The molecule has 1 heterocycles. The Morgan fingerprint density at radius 2 is 1.94 bits per heavy atom. The summed E-state index contributed by atoms with van der Waals surface area (Å²) in [7, 11) is 1.80. The van der Waals surface area contributed by atoms with E-state index in [1.165, 1.54) is 10.9 Å². The highest BCUT2D eigenvalue weighted by molar-refractivity contribution is 9.10. The first-order valence-corrected chi connectivity index (χ1v) is 7.02. The van der Waals surface area contributed by atoms with E-state index in [1.807, 2.05) is 13.0 Å². The largest absolute Gasteiger partial charge is 0.309 e. The summed E-state index contributed by atoms with van der Waals surface area (Å²) in [5.41, 5.74) is 0.707. The van der Waals surface area contributed by atoms with Crippen molar-refractivity contribution < 1.29 is 8.78 Å². The predicted molar refractivity (Wildman–Crippen MR) is 74.0 cm³/mol. The highest BCUT2D eigenvalue weighted by Gasteiger charge is 2.18. The number of aryl methyl sites for hydroxylation is 1. The van der Waals surface area contributed by atoms with Crippen molar-refractivity contribution in [3.8, 4) is 0 Å². The first kappa shape index (κ1) is 13.6. The molecule has 0 bridgehead atoms. The molecule has 2 aromatic rings. The number of rotatable bonds is 3. The van der Waals surface area contributed by atoms with Gasteiger partial charge >= 0.3 is 0 Å². The van der Waals surface area contributed by atoms with Crippen LogP contribution in [0.4, 0.5) is 8.78 Å². The second-order valence-electron chi connectivity index (χ2n) is 3.96. The summed E-state index contributed by atoms with van der Waals surface area (Å²) in [6.07, 6.45) is 0. The predicted octanol–water partition coefficient (Wildman–Crippen LogP) is 4.41. The molecule has 0 radical (unpaired) electrons. The molecule has 0 spiro atoms. The highest BCUT2D eigenvalue weighted by Crippen LogP contribution is 2.35. The monoisotopic (exact) mass is 331 g/mol. The minimum Gasteiger partial charge on any atom is -0.309 e. The molecule has 5 heteroatoms. The third-order valence-corrected chi connectivity index (χ3v) is 4.70. The van der Waals surface area contributed by atoms with Crippen molar-refractivity contribution in [3.63, 3.8) is 0 Å². The molecule has 0 saturated heterocycles. The van der Waals surface area contributed by atoms with E-state index in [-0.39, 0.29) is 6.04 Å². The maximum absolute atomic E-state index is 13.3. The molecular weight excluding hydrogens is 320 g/mol. The van der Waals surface area contributed by atoms with Gasteiger partial charge in [0.15, 0.2) is 11.6 Å². The van der Waals surface area contributed by atoms with Crippen molar-refractivity contribution in [1.29, 1.82) is 0 Å². The first-order chi connectivity index (χ1) is 8.52. The Kier molecular flexibility index (Phi) is 4.14. The van der Waals surface area contributed by atoms with Gasteiger partial charge in [0, 0.05) is 14.2 Å². The van der Waals surface area contributed by atoms with Gasteiger partial charge in [-0.3, -0.25) is 0 Å². The van der Waals surface area contributed by atoms with Crippen LogP contribution >= 0.6 is 27.3 Å². The minimum atomic E-state index is -0.824. The maximum atomic E-state index is 13.3. The van der Waals surface area contributed by atoms with Gasteiger partial charge in [-0.05, 0) is 53.7 Å². The summed E-state index contributed by atoms with van der Waals surface area (Å²) < 4.78 is 27.2. The average molecular weight is 332 g/mol. The van der Waals surface area contributed by atoms with E-state index in [2.05, 4.69) is 21.2 Å². The molecule has 0 amide bonds. The maximum Gasteiger partial charge on any atom is 0.159 e. The van der Waals surface area contributed by atoms with Gasteiger partial charge in [0.25, 0.3) is 0 Å². The molecule has 18 heavy (non-hydrogen) atoms. The topological polar surface area (TPSA) is 12.0 Å². The molecule has 0 aliphatic heterocycles. The van der Waals surface area contributed by atoms with Gasteiger partial charge in [0.1, 0.15) is 0 Å². The number of benzene rings is 1. The first-order valence-electron chi connectivity index (χ1n) is 5.41. The Morgan fingerprint density at radius 1 is 1.22 bits per heavy atom. The van der Waals surface area contributed by atoms with E-state index in [4.69, 9.17) is 0 Å². The second-order valence-corrected chi connectivity index (χ2v) is 6.11. The van der Waals surface area contributed by atoms with Crippen LogP contribution in [-0.4, -0.2) is 7.05 Å². The van der Waals surface area contributed by atoms with Crippen LogP contribution in [0.5, 0.6) is 0 Å². The van der Waals surface area contributed by atoms with Gasteiger partial charge in [-0.25, -0.2) is 8.78 Å². The average Bonchev–Trinajstić information content (AvgIpc) is 2.64. The summed E-state index contributed by atoms with van der Waals surface area (Å²) in [6.45, 7) is 2.01.